The third kappa shape index (κ3) is 2.05. The lowest BCUT2D eigenvalue weighted by atomic mass is 10.2. The van der Waals surface area contributed by atoms with E-state index in [9.17, 15) is 0 Å². The third-order valence-corrected chi connectivity index (χ3v) is 2.87. The number of hydrogen-bond acceptors (Lipinski definition) is 3. The second-order valence-corrected chi connectivity index (χ2v) is 4.22. The van der Waals surface area contributed by atoms with Crippen molar-refractivity contribution >= 4 is 17.0 Å². The highest BCUT2D eigenvalue weighted by Crippen LogP contribution is 2.18. The van der Waals surface area contributed by atoms with Crippen molar-refractivity contribution in [2.24, 2.45) is 0 Å². The predicted octanol–water partition coefficient (Wildman–Crippen LogP) is 3.13. The van der Waals surface area contributed by atoms with Gasteiger partial charge in [-0.3, -0.25) is 4.98 Å². The SMILES string of the molecule is CC(Nc1nc2ccccc2[nH]1)c1ccccn1. The molecular formula is C14H14N4. The monoisotopic (exact) mass is 238 g/mol. The molecule has 0 fully saturated rings. The van der Waals surface area contributed by atoms with Crippen molar-refractivity contribution in [2.75, 3.05) is 5.32 Å². The molecule has 1 unspecified atom stereocenters. The Hall–Kier alpha value is -2.36. The number of pyridine rings is 1. The number of rotatable bonds is 3. The molecule has 0 amide bonds. The van der Waals surface area contributed by atoms with Gasteiger partial charge in [-0.2, -0.15) is 0 Å². The first kappa shape index (κ1) is 10.8. The maximum absolute atomic E-state index is 4.48. The molecule has 2 heterocycles. The quantitative estimate of drug-likeness (QED) is 0.737. The number of imidazole rings is 1. The van der Waals surface area contributed by atoms with Crippen LogP contribution in [0.15, 0.2) is 48.7 Å². The molecule has 18 heavy (non-hydrogen) atoms. The van der Waals surface area contributed by atoms with Crippen molar-refractivity contribution < 1.29 is 0 Å². The first-order chi connectivity index (χ1) is 8.83. The van der Waals surface area contributed by atoms with E-state index in [0.29, 0.717) is 0 Å². The number of nitrogens with one attached hydrogen (secondary N) is 2. The largest absolute Gasteiger partial charge is 0.348 e. The molecule has 0 aliphatic heterocycles. The van der Waals surface area contributed by atoms with E-state index in [-0.39, 0.29) is 6.04 Å². The first-order valence-corrected chi connectivity index (χ1v) is 5.95. The van der Waals surface area contributed by atoms with Crippen LogP contribution >= 0.6 is 0 Å². The summed E-state index contributed by atoms with van der Waals surface area (Å²) in [6, 6.07) is 14.0. The molecule has 4 nitrogen and oxygen atoms in total. The van der Waals surface area contributed by atoms with Crippen molar-refractivity contribution in [1.29, 1.82) is 0 Å². The van der Waals surface area contributed by atoms with E-state index in [2.05, 4.69) is 27.2 Å². The van der Waals surface area contributed by atoms with Crippen LogP contribution in [0.2, 0.25) is 0 Å². The molecule has 0 saturated heterocycles. The van der Waals surface area contributed by atoms with Gasteiger partial charge in [0.15, 0.2) is 0 Å². The molecule has 1 atom stereocenters. The van der Waals surface area contributed by atoms with E-state index in [4.69, 9.17) is 0 Å². The number of anilines is 1. The number of H-pyrrole nitrogens is 1. The van der Waals surface area contributed by atoms with Gasteiger partial charge in [0.2, 0.25) is 5.95 Å². The van der Waals surface area contributed by atoms with Crippen molar-refractivity contribution in [2.45, 2.75) is 13.0 Å². The van der Waals surface area contributed by atoms with Gasteiger partial charge in [0.1, 0.15) is 0 Å². The highest BCUT2D eigenvalue weighted by Gasteiger charge is 2.08. The van der Waals surface area contributed by atoms with E-state index in [1.165, 1.54) is 0 Å². The number of aromatic nitrogens is 3. The molecule has 0 spiro atoms. The van der Waals surface area contributed by atoms with Gasteiger partial charge in [0.05, 0.1) is 22.8 Å². The topological polar surface area (TPSA) is 53.6 Å². The van der Waals surface area contributed by atoms with Gasteiger partial charge in [-0.05, 0) is 31.2 Å². The number of aromatic amines is 1. The fourth-order valence-corrected chi connectivity index (χ4v) is 1.93. The molecule has 0 radical (unpaired) electrons. The molecular weight excluding hydrogens is 224 g/mol. The van der Waals surface area contributed by atoms with Gasteiger partial charge >= 0.3 is 0 Å². The van der Waals surface area contributed by atoms with E-state index < -0.39 is 0 Å². The molecule has 3 aromatic rings. The van der Waals surface area contributed by atoms with Crippen LogP contribution < -0.4 is 5.32 Å². The Kier molecular flexibility index (Phi) is 2.68. The Morgan fingerprint density at radius 3 is 2.72 bits per heavy atom. The van der Waals surface area contributed by atoms with E-state index in [1.54, 1.807) is 6.20 Å². The summed E-state index contributed by atoms with van der Waals surface area (Å²) in [5.74, 6) is 0.773. The minimum Gasteiger partial charge on any atom is -0.348 e. The maximum Gasteiger partial charge on any atom is 0.201 e. The van der Waals surface area contributed by atoms with Gasteiger partial charge in [-0.25, -0.2) is 4.98 Å². The second-order valence-electron chi connectivity index (χ2n) is 4.22. The molecule has 0 saturated carbocycles. The summed E-state index contributed by atoms with van der Waals surface area (Å²) in [4.78, 5) is 12.1. The van der Waals surface area contributed by atoms with Crippen LogP contribution in [0, 0.1) is 0 Å². The van der Waals surface area contributed by atoms with Crippen LogP contribution in [0.4, 0.5) is 5.95 Å². The van der Waals surface area contributed by atoms with E-state index in [0.717, 1.165) is 22.7 Å². The standard InChI is InChI=1S/C14H14N4/c1-10(11-6-4-5-9-15-11)16-14-17-12-7-2-3-8-13(12)18-14/h2-10H,1H3,(H2,16,17,18). The van der Waals surface area contributed by atoms with Gasteiger partial charge < -0.3 is 10.3 Å². The summed E-state index contributed by atoms with van der Waals surface area (Å²) >= 11 is 0. The molecule has 3 rings (SSSR count). The molecule has 0 bridgehead atoms. The fraction of sp³-hybridized carbons (Fsp3) is 0.143. The Morgan fingerprint density at radius 2 is 1.94 bits per heavy atom. The first-order valence-electron chi connectivity index (χ1n) is 5.95. The molecule has 1 aromatic carbocycles. The summed E-state index contributed by atoms with van der Waals surface area (Å²) in [6.07, 6.45) is 1.80. The number of hydrogen-bond donors (Lipinski definition) is 2. The van der Waals surface area contributed by atoms with Crippen LogP contribution in [0.5, 0.6) is 0 Å². The van der Waals surface area contributed by atoms with Crippen molar-refractivity contribution in [3.63, 3.8) is 0 Å². The number of benzene rings is 1. The Balaban J connectivity index is 1.84. The van der Waals surface area contributed by atoms with Gasteiger partial charge in [0, 0.05) is 6.20 Å². The smallest absolute Gasteiger partial charge is 0.201 e. The lowest BCUT2D eigenvalue weighted by Crippen LogP contribution is -2.09. The Bertz CT molecular complexity index is 612. The molecule has 90 valence electrons. The van der Waals surface area contributed by atoms with Crippen molar-refractivity contribution in [1.82, 2.24) is 15.0 Å². The zero-order valence-electron chi connectivity index (χ0n) is 10.1. The molecule has 0 aliphatic carbocycles. The minimum absolute atomic E-state index is 0.117. The van der Waals surface area contributed by atoms with Gasteiger partial charge in [-0.15, -0.1) is 0 Å². The second kappa shape index (κ2) is 4.49. The Morgan fingerprint density at radius 1 is 1.11 bits per heavy atom. The maximum atomic E-state index is 4.48. The van der Waals surface area contributed by atoms with Crippen molar-refractivity contribution in [3.05, 3.63) is 54.4 Å². The van der Waals surface area contributed by atoms with E-state index >= 15 is 0 Å². The number of nitrogens with zero attached hydrogens (tertiary/aromatic N) is 2. The van der Waals surface area contributed by atoms with Crippen molar-refractivity contribution in [3.8, 4) is 0 Å². The lowest BCUT2D eigenvalue weighted by Gasteiger charge is -2.11. The zero-order valence-corrected chi connectivity index (χ0v) is 10.1. The predicted molar refractivity (Wildman–Crippen MR) is 72.4 cm³/mol. The van der Waals surface area contributed by atoms with Crippen LogP contribution in [0.1, 0.15) is 18.7 Å². The minimum atomic E-state index is 0.117. The van der Waals surface area contributed by atoms with Crippen LogP contribution in [-0.4, -0.2) is 15.0 Å². The highest BCUT2D eigenvalue weighted by atomic mass is 15.1. The third-order valence-electron chi connectivity index (χ3n) is 2.87. The average molecular weight is 238 g/mol. The van der Waals surface area contributed by atoms with Gasteiger partial charge in [-0.1, -0.05) is 18.2 Å². The molecule has 4 heteroatoms. The van der Waals surface area contributed by atoms with Gasteiger partial charge in [0.25, 0.3) is 0 Å². The summed E-state index contributed by atoms with van der Waals surface area (Å²) in [5, 5.41) is 3.32. The average Bonchev–Trinajstić information content (AvgIpc) is 2.82. The van der Waals surface area contributed by atoms with E-state index in [1.807, 2.05) is 42.5 Å². The van der Waals surface area contributed by atoms with Crippen LogP contribution in [0.3, 0.4) is 0 Å². The fourth-order valence-electron chi connectivity index (χ4n) is 1.93. The lowest BCUT2D eigenvalue weighted by molar-refractivity contribution is 0.827. The highest BCUT2D eigenvalue weighted by molar-refractivity contribution is 5.77. The van der Waals surface area contributed by atoms with Crippen LogP contribution in [-0.2, 0) is 0 Å². The van der Waals surface area contributed by atoms with Crippen LogP contribution in [0.25, 0.3) is 11.0 Å². The molecule has 2 aromatic heterocycles. The number of para-hydroxylation sites is 2. The summed E-state index contributed by atoms with van der Waals surface area (Å²) in [7, 11) is 0. The molecule has 2 N–H and O–H groups in total. The normalized spacial score (nSPS) is 12.5. The summed E-state index contributed by atoms with van der Waals surface area (Å²) in [5.41, 5.74) is 3.00. The summed E-state index contributed by atoms with van der Waals surface area (Å²) < 4.78 is 0. The molecule has 0 aliphatic rings. The zero-order chi connectivity index (χ0) is 12.4. The Labute approximate surface area is 105 Å². The number of fused-ring (bicyclic) bond motifs is 1. The summed E-state index contributed by atoms with van der Waals surface area (Å²) in [6.45, 7) is 2.06.